The molecule has 1 N–H and O–H groups in total. The minimum absolute atomic E-state index is 0.350. The molecule has 0 aromatic carbocycles. The van der Waals surface area contributed by atoms with E-state index in [-0.39, 0.29) is 0 Å². The molecule has 3 nitrogen and oxygen atoms in total. The number of nitrogens with one attached hydrogen (secondary N) is 1. The van der Waals surface area contributed by atoms with Gasteiger partial charge in [-0.15, -0.1) is 0 Å². The molecule has 0 spiro atoms. The maximum Gasteiger partial charge on any atom is 0.0236 e. The predicted octanol–water partition coefficient (Wildman–Crippen LogP) is 0.764. The first-order valence-corrected chi connectivity index (χ1v) is 6.27. The molecule has 0 saturated carbocycles. The second-order valence-electron chi connectivity index (χ2n) is 5.85. The van der Waals surface area contributed by atoms with Gasteiger partial charge in [0.2, 0.25) is 0 Å². The van der Waals surface area contributed by atoms with E-state index in [4.69, 9.17) is 0 Å². The lowest BCUT2D eigenvalue weighted by atomic mass is 10.1. The molecule has 0 radical (unpaired) electrons. The fourth-order valence-corrected chi connectivity index (χ4v) is 2.70. The molecular weight excluding hydrogens is 186 g/mol. The van der Waals surface area contributed by atoms with Crippen LogP contribution in [0.3, 0.4) is 0 Å². The van der Waals surface area contributed by atoms with Crippen molar-refractivity contribution in [1.29, 1.82) is 0 Å². The number of piperazine rings is 1. The topological polar surface area (TPSA) is 18.5 Å². The number of nitrogens with zero attached hydrogens (tertiary/aromatic N) is 2. The summed E-state index contributed by atoms with van der Waals surface area (Å²) >= 11 is 0. The number of hydrogen-bond acceptors (Lipinski definition) is 3. The molecule has 0 bridgehead atoms. The van der Waals surface area contributed by atoms with Crippen molar-refractivity contribution < 1.29 is 0 Å². The number of likely N-dealkylation sites (tertiary alicyclic amines) is 1. The first kappa shape index (κ1) is 11.4. The van der Waals surface area contributed by atoms with Crippen LogP contribution in [0.4, 0.5) is 0 Å². The van der Waals surface area contributed by atoms with Crippen molar-refractivity contribution in [3.63, 3.8) is 0 Å². The molecule has 2 aliphatic heterocycles. The summed E-state index contributed by atoms with van der Waals surface area (Å²) < 4.78 is 0. The Morgan fingerprint density at radius 2 is 1.73 bits per heavy atom. The standard InChI is InChI=1S/C12H25N3/c1-12(2,3)15-7-4-11(10-15)14-8-5-13-6-9-14/h11,13H,4-10H2,1-3H3/t11-/m1/s1. The molecule has 15 heavy (non-hydrogen) atoms. The Kier molecular flexibility index (Phi) is 3.33. The SMILES string of the molecule is CC(C)(C)N1CC[C@@H](N2CCNCC2)C1. The van der Waals surface area contributed by atoms with Crippen molar-refractivity contribution in [3.8, 4) is 0 Å². The number of hydrogen-bond donors (Lipinski definition) is 1. The number of rotatable bonds is 1. The van der Waals surface area contributed by atoms with Crippen molar-refractivity contribution in [2.75, 3.05) is 39.3 Å². The zero-order chi connectivity index (χ0) is 10.9. The predicted molar refractivity (Wildman–Crippen MR) is 64.2 cm³/mol. The first-order valence-electron chi connectivity index (χ1n) is 6.27. The lowest BCUT2D eigenvalue weighted by Gasteiger charge is -2.35. The van der Waals surface area contributed by atoms with Crippen LogP contribution in [0.5, 0.6) is 0 Å². The summed E-state index contributed by atoms with van der Waals surface area (Å²) in [7, 11) is 0. The molecule has 1 atom stereocenters. The normalized spacial score (nSPS) is 31.0. The van der Waals surface area contributed by atoms with Crippen LogP contribution in [0.1, 0.15) is 27.2 Å². The van der Waals surface area contributed by atoms with E-state index in [1.54, 1.807) is 0 Å². The Bertz CT molecular complexity index is 203. The van der Waals surface area contributed by atoms with E-state index in [2.05, 4.69) is 35.9 Å². The Labute approximate surface area is 93.8 Å². The van der Waals surface area contributed by atoms with E-state index in [1.165, 1.54) is 45.7 Å². The van der Waals surface area contributed by atoms with Crippen LogP contribution in [0.2, 0.25) is 0 Å². The van der Waals surface area contributed by atoms with Gasteiger partial charge in [-0.1, -0.05) is 0 Å². The summed E-state index contributed by atoms with van der Waals surface area (Å²) in [6.45, 7) is 14.3. The molecule has 2 fully saturated rings. The maximum atomic E-state index is 3.42. The third kappa shape index (κ3) is 2.71. The highest BCUT2D eigenvalue weighted by Gasteiger charge is 2.33. The average Bonchev–Trinajstić information content (AvgIpc) is 2.67. The first-order chi connectivity index (χ1) is 7.07. The van der Waals surface area contributed by atoms with Crippen molar-refractivity contribution in [3.05, 3.63) is 0 Å². The van der Waals surface area contributed by atoms with Crippen LogP contribution in [0.15, 0.2) is 0 Å². The van der Waals surface area contributed by atoms with Crippen LogP contribution in [0, 0.1) is 0 Å². The van der Waals surface area contributed by atoms with Crippen LogP contribution in [-0.4, -0.2) is 60.6 Å². The summed E-state index contributed by atoms with van der Waals surface area (Å²) in [5, 5.41) is 3.42. The lowest BCUT2D eigenvalue weighted by Crippen LogP contribution is -2.50. The van der Waals surface area contributed by atoms with Crippen molar-refractivity contribution in [2.24, 2.45) is 0 Å². The third-order valence-electron chi connectivity index (χ3n) is 3.78. The largest absolute Gasteiger partial charge is 0.314 e. The van der Waals surface area contributed by atoms with Crippen LogP contribution in [0.25, 0.3) is 0 Å². The van der Waals surface area contributed by atoms with Crippen LogP contribution < -0.4 is 5.32 Å². The van der Waals surface area contributed by atoms with Gasteiger partial charge in [0.1, 0.15) is 0 Å². The van der Waals surface area contributed by atoms with Gasteiger partial charge >= 0.3 is 0 Å². The van der Waals surface area contributed by atoms with E-state index in [1.807, 2.05) is 0 Å². The summed E-state index contributed by atoms with van der Waals surface area (Å²) in [5.74, 6) is 0. The Balaban J connectivity index is 1.86. The summed E-state index contributed by atoms with van der Waals surface area (Å²) in [5.41, 5.74) is 0.350. The molecule has 0 aliphatic carbocycles. The van der Waals surface area contributed by atoms with Gasteiger partial charge in [0, 0.05) is 50.8 Å². The molecule has 0 amide bonds. The maximum absolute atomic E-state index is 3.42. The Morgan fingerprint density at radius 3 is 2.27 bits per heavy atom. The molecule has 2 heterocycles. The average molecular weight is 211 g/mol. The van der Waals surface area contributed by atoms with Gasteiger partial charge in [-0.05, 0) is 27.2 Å². The molecule has 2 rings (SSSR count). The van der Waals surface area contributed by atoms with E-state index < -0.39 is 0 Å². The molecular formula is C12H25N3. The Morgan fingerprint density at radius 1 is 1.07 bits per heavy atom. The van der Waals surface area contributed by atoms with Gasteiger partial charge in [-0.25, -0.2) is 0 Å². The summed E-state index contributed by atoms with van der Waals surface area (Å²) in [6, 6.07) is 0.811. The summed E-state index contributed by atoms with van der Waals surface area (Å²) in [6.07, 6.45) is 1.36. The van der Waals surface area contributed by atoms with Gasteiger partial charge in [0.25, 0.3) is 0 Å². The minimum atomic E-state index is 0.350. The molecule has 2 aliphatic rings. The monoisotopic (exact) mass is 211 g/mol. The lowest BCUT2D eigenvalue weighted by molar-refractivity contribution is 0.135. The Hall–Kier alpha value is -0.120. The summed E-state index contributed by atoms with van der Waals surface area (Å²) in [4.78, 5) is 5.29. The third-order valence-corrected chi connectivity index (χ3v) is 3.78. The van der Waals surface area contributed by atoms with Crippen LogP contribution >= 0.6 is 0 Å². The van der Waals surface area contributed by atoms with Crippen LogP contribution in [-0.2, 0) is 0 Å². The fraction of sp³-hybridized carbons (Fsp3) is 1.00. The van der Waals surface area contributed by atoms with Gasteiger partial charge in [0.15, 0.2) is 0 Å². The quantitative estimate of drug-likeness (QED) is 0.691. The smallest absolute Gasteiger partial charge is 0.0236 e. The van der Waals surface area contributed by atoms with Gasteiger partial charge in [-0.3, -0.25) is 9.80 Å². The van der Waals surface area contributed by atoms with E-state index in [0.29, 0.717) is 5.54 Å². The van der Waals surface area contributed by atoms with Crippen molar-refractivity contribution in [2.45, 2.75) is 38.8 Å². The second-order valence-corrected chi connectivity index (χ2v) is 5.85. The van der Waals surface area contributed by atoms with Gasteiger partial charge in [-0.2, -0.15) is 0 Å². The zero-order valence-electron chi connectivity index (χ0n) is 10.4. The minimum Gasteiger partial charge on any atom is -0.314 e. The van der Waals surface area contributed by atoms with Gasteiger partial charge in [0.05, 0.1) is 0 Å². The second kappa shape index (κ2) is 4.40. The molecule has 0 unspecified atom stereocenters. The molecule has 0 aromatic heterocycles. The molecule has 2 saturated heterocycles. The molecule has 0 aromatic rings. The highest BCUT2D eigenvalue weighted by Crippen LogP contribution is 2.23. The van der Waals surface area contributed by atoms with Crippen molar-refractivity contribution >= 4 is 0 Å². The van der Waals surface area contributed by atoms with E-state index in [9.17, 15) is 0 Å². The van der Waals surface area contributed by atoms with Crippen molar-refractivity contribution in [1.82, 2.24) is 15.1 Å². The fourth-order valence-electron chi connectivity index (χ4n) is 2.70. The van der Waals surface area contributed by atoms with E-state index in [0.717, 1.165) is 6.04 Å². The highest BCUT2D eigenvalue weighted by molar-refractivity contribution is 4.90. The molecule has 3 heteroatoms. The molecule has 88 valence electrons. The van der Waals surface area contributed by atoms with E-state index >= 15 is 0 Å². The zero-order valence-corrected chi connectivity index (χ0v) is 10.4. The van der Waals surface area contributed by atoms with Gasteiger partial charge < -0.3 is 5.32 Å². The highest BCUT2D eigenvalue weighted by atomic mass is 15.3.